The van der Waals surface area contributed by atoms with Crippen molar-refractivity contribution in [2.75, 3.05) is 5.32 Å². The van der Waals surface area contributed by atoms with E-state index in [1.54, 1.807) is 12.1 Å². The summed E-state index contributed by atoms with van der Waals surface area (Å²) in [5.41, 5.74) is 1.56. The monoisotopic (exact) mass is 426 g/mol. The van der Waals surface area contributed by atoms with E-state index in [9.17, 15) is 22.4 Å². The van der Waals surface area contributed by atoms with Crippen LogP contribution in [0.2, 0.25) is 0 Å². The molecule has 2 aromatic heterocycles. The Morgan fingerprint density at radius 1 is 1.03 bits per heavy atom. The second kappa shape index (κ2) is 6.90. The van der Waals surface area contributed by atoms with Gasteiger partial charge >= 0.3 is 6.18 Å². The number of nitrogens with zero attached hydrogens (tertiary/aromatic N) is 3. The standard InChI is InChI=1S/C22H14F4N4O/c23-15-4-2-13(3-5-15)16-6-8-19-28-18(29-30(19)21(16)22(24,25)26)10-12-1-7-17-14(9-12)11-20(31)27-17/h1-9H,10-11H2,(H,27,31). The van der Waals surface area contributed by atoms with E-state index in [4.69, 9.17) is 0 Å². The molecule has 4 aromatic rings. The highest BCUT2D eigenvalue weighted by atomic mass is 19.4. The van der Waals surface area contributed by atoms with Gasteiger partial charge in [-0.25, -0.2) is 13.9 Å². The van der Waals surface area contributed by atoms with Gasteiger partial charge in [0.05, 0.1) is 6.42 Å². The van der Waals surface area contributed by atoms with Crippen molar-refractivity contribution in [2.45, 2.75) is 19.0 Å². The van der Waals surface area contributed by atoms with Crippen LogP contribution in [-0.4, -0.2) is 20.5 Å². The smallest absolute Gasteiger partial charge is 0.326 e. The lowest BCUT2D eigenvalue weighted by Gasteiger charge is -2.14. The van der Waals surface area contributed by atoms with Gasteiger partial charge in [-0.3, -0.25) is 4.79 Å². The van der Waals surface area contributed by atoms with Crippen LogP contribution in [-0.2, 0) is 23.8 Å². The van der Waals surface area contributed by atoms with Crippen LogP contribution >= 0.6 is 0 Å². The molecule has 9 heteroatoms. The Morgan fingerprint density at radius 3 is 2.55 bits per heavy atom. The van der Waals surface area contributed by atoms with Crippen molar-refractivity contribution in [3.63, 3.8) is 0 Å². The number of nitrogens with one attached hydrogen (secondary N) is 1. The van der Waals surface area contributed by atoms with E-state index in [1.165, 1.54) is 24.3 Å². The molecule has 0 atom stereocenters. The lowest BCUT2D eigenvalue weighted by molar-refractivity contribution is -0.142. The summed E-state index contributed by atoms with van der Waals surface area (Å²) in [6.45, 7) is 0. The first-order chi connectivity index (χ1) is 14.8. The van der Waals surface area contributed by atoms with Gasteiger partial charge in [0.15, 0.2) is 17.2 Å². The zero-order valence-electron chi connectivity index (χ0n) is 15.9. The first-order valence-corrected chi connectivity index (χ1v) is 9.41. The molecule has 0 unspecified atom stereocenters. The average molecular weight is 426 g/mol. The number of amides is 1. The molecule has 0 aliphatic carbocycles. The van der Waals surface area contributed by atoms with E-state index >= 15 is 0 Å². The Morgan fingerprint density at radius 2 is 1.81 bits per heavy atom. The third-order valence-corrected chi connectivity index (χ3v) is 5.12. The molecule has 0 radical (unpaired) electrons. The van der Waals surface area contributed by atoms with Crippen molar-refractivity contribution >= 4 is 17.2 Å². The third-order valence-electron chi connectivity index (χ3n) is 5.12. The molecule has 0 saturated carbocycles. The summed E-state index contributed by atoms with van der Waals surface area (Å²) in [5.74, 6) is -0.409. The number of benzene rings is 2. The molecule has 31 heavy (non-hydrogen) atoms. The summed E-state index contributed by atoms with van der Waals surface area (Å²) in [6.07, 6.45) is -4.22. The number of hydrogen-bond acceptors (Lipinski definition) is 3. The molecule has 0 spiro atoms. The summed E-state index contributed by atoms with van der Waals surface area (Å²) < 4.78 is 55.9. The van der Waals surface area contributed by atoms with E-state index in [1.807, 2.05) is 6.07 Å². The van der Waals surface area contributed by atoms with Gasteiger partial charge in [0.25, 0.3) is 0 Å². The molecule has 0 saturated heterocycles. The van der Waals surface area contributed by atoms with Crippen LogP contribution in [0, 0.1) is 5.82 Å². The number of fused-ring (bicyclic) bond motifs is 2. The summed E-state index contributed by atoms with van der Waals surface area (Å²) in [6, 6.07) is 13.0. The fourth-order valence-corrected chi connectivity index (χ4v) is 3.78. The van der Waals surface area contributed by atoms with Gasteiger partial charge in [-0.15, -0.1) is 0 Å². The highest BCUT2D eigenvalue weighted by molar-refractivity contribution is 5.99. The molecule has 3 heterocycles. The number of halogens is 4. The largest absolute Gasteiger partial charge is 0.434 e. The van der Waals surface area contributed by atoms with E-state index in [0.717, 1.165) is 33.5 Å². The van der Waals surface area contributed by atoms with Crippen LogP contribution in [0.25, 0.3) is 16.8 Å². The summed E-state index contributed by atoms with van der Waals surface area (Å²) in [7, 11) is 0. The van der Waals surface area contributed by atoms with Crippen molar-refractivity contribution < 1.29 is 22.4 Å². The summed E-state index contributed by atoms with van der Waals surface area (Å²) in [5, 5.41) is 6.85. The maximum atomic E-state index is 14.0. The SMILES string of the molecule is O=C1Cc2cc(Cc3nc4ccc(-c5ccc(F)cc5)c(C(F)(F)F)n4n3)ccc2N1. The number of hydrogen-bond donors (Lipinski definition) is 1. The predicted octanol–water partition coefficient (Wildman–Crippen LogP) is 4.64. The molecule has 1 N–H and O–H groups in total. The Hall–Kier alpha value is -3.75. The zero-order valence-corrected chi connectivity index (χ0v) is 15.9. The predicted molar refractivity (Wildman–Crippen MR) is 105 cm³/mol. The van der Waals surface area contributed by atoms with Crippen LogP contribution in [0.1, 0.15) is 22.6 Å². The molecule has 1 amide bonds. The molecular weight excluding hydrogens is 412 g/mol. The molecule has 5 nitrogen and oxygen atoms in total. The molecule has 0 bridgehead atoms. The zero-order chi connectivity index (χ0) is 21.8. The minimum Gasteiger partial charge on any atom is -0.326 e. The lowest BCUT2D eigenvalue weighted by Crippen LogP contribution is -2.14. The van der Waals surface area contributed by atoms with Gasteiger partial charge in [-0.2, -0.15) is 18.3 Å². The second-order valence-corrected chi connectivity index (χ2v) is 7.29. The summed E-state index contributed by atoms with van der Waals surface area (Å²) >= 11 is 0. The number of alkyl halides is 3. The van der Waals surface area contributed by atoms with Crippen LogP contribution < -0.4 is 5.32 Å². The average Bonchev–Trinajstić information content (AvgIpc) is 3.28. The maximum Gasteiger partial charge on any atom is 0.434 e. The molecule has 0 fully saturated rings. The van der Waals surface area contributed by atoms with Gasteiger partial charge in [-0.1, -0.05) is 24.3 Å². The molecule has 156 valence electrons. The molecule has 5 rings (SSSR count). The van der Waals surface area contributed by atoms with Gasteiger partial charge in [-0.05, 0) is 47.0 Å². The Bertz CT molecular complexity index is 1330. The number of anilines is 1. The maximum absolute atomic E-state index is 14.0. The van der Waals surface area contributed by atoms with Crippen molar-refractivity contribution in [1.29, 1.82) is 0 Å². The Labute approximate surface area is 173 Å². The van der Waals surface area contributed by atoms with Crippen LogP contribution in [0.5, 0.6) is 0 Å². The Balaban J connectivity index is 1.57. The van der Waals surface area contributed by atoms with Gasteiger partial charge in [0.1, 0.15) is 5.82 Å². The topological polar surface area (TPSA) is 59.3 Å². The van der Waals surface area contributed by atoms with Crippen molar-refractivity contribution in [3.8, 4) is 11.1 Å². The first-order valence-electron chi connectivity index (χ1n) is 9.41. The van der Waals surface area contributed by atoms with Gasteiger partial charge < -0.3 is 5.32 Å². The lowest BCUT2D eigenvalue weighted by atomic mass is 10.0. The van der Waals surface area contributed by atoms with Gasteiger partial charge in [0, 0.05) is 17.7 Å². The highest BCUT2D eigenvalue weighted by Gasteiger charge is 2.38. The number of pyridine rings is 1. The number of rotatable bonds is 3. The summed E-state index contributed by atoms with van der Waals surface area (Å²) in [4.78, 5) is 15.8. The molecule has 1 aliphatic rings. The van der Waals surface area contributed by atoms with Gasteiger partial charge in [0.2, 0.25) is 5.91 Å². The van der Waals surface area contributed by atoms with Crippen molar-refractivity contribution in [1.82, 2.24) is 14.6 Å². The normalized spacial score (nSPS) is 13.5. The minimum absolute atomic E-state index is 0.0613. The molecule has 2 aromatic carbocycles. The molecule has 1 aliphatic heterocycles. The second-order valence-electron chi connectivity index (χ2n) is 7.29. The number of carbonyl (C=O) groups is 1. The van der Waals surface area contributed by atoms with Crippen LogP contribution in [0.4, 0.5) is 23.2 Å². The van der Waals surface area contributed by atoms with E-state index in [2.05, 4.69) is 15.4 Å². The fourth-order valence-electron chi connectivity index (χ4n) is 3.78. The van der Waals surface area contributed by atoms with E-state index in [-0.39, 0.29) is 41.3 Å². The first kappa shape index (κ1) is 19.2. The Kier molecular flexibility index (Phi) is 4.28. The van der Waals surface area contributed by atoms with Crippen LogP contribution in [0.15, 0.2) is 54.6 Å². The minimum atomic E-state index is -4.70. The highest BCUT2D eigenvalue weighted by Crippen LogP contribution is 2.37. The van der Waals surface area contributed by atoms with E-state index in [0.29, 0.717) is 0 Å². The number of carbonyl (C=O) groups excluding carboxylic acids is 1. The van der Waals surface area contributed by atoms with E-state index < -0.39 is 17.7 Å². The third kappa shape index (κ3) is 3.52. The van der Waals surface area contributed by atoms with Crippen LogP contribution in [0.3, 0.4) is 0 Å². The quantitative estimate of drug-likeness (QED) is 0.486. The molecular formula is C22H14F4N4O. The number of aromatic nitrogens is 3. The van der Waals surface area contributed by atoms with Crippen molar-refractivity contribution in [2.24, 2.45) is 0 Å². The van der Waals surface area contributed by atoms with Crippen molar-refractivity contribution in [3.05, 3.63) is 83.1 Å². The fraction of sp³-hybridized carbons (Fsp3) is 0.136.